The van der Waals surface area contributed by atoms with Crippen molar-refractivity contribution in [2.45, 2.75) is 4.90 Å². The van der Waals surface area contributed by atoms with Gasteiger partial charge in [-0.1, -0.05) is 23.7 Å². The fourth-order valence-electron chi connectivity index (χ4n) is 1.70. The minimum Gasteiger partial charge on any atom is -0.497 e. The van der Waals surface area contributed by atoms with Crippen molar-refractivity contribution in [3.05, 3.63) is 53.1 Å². The molecule has 0 aliphatic carbocycles. The van der Waals surface area contributed by atoms with Gasteiger partial charge in [-0.25, -0.2) is 8.42 Å². The summed E-state index contributed by atoms with van der Waals surface area (Å²) < 4.78 is 32.0. The van der Waals surface area contributed by atoms with Crippen LogP contribution in [0.4, 0.5) is 5.69 Å². The van der Waals surface area contributed by atoms with E-state index in [2.05, 4.69) is 4.72 Å². The lowest BCUT2D eigenvalue weighted by Gasteiger charge is -2.11. The molecular formula is C14H11ClN2O3S. The molecule has 0 spiro atoms. The van der Waals surface area contributed by atoms with Gasteiger partial charge in [0.1, 0.15) is 16.7 Å². The highest BCUT2D eigenvalue weighted by molar-refractivity contribution is 7.92. The zero-order valence-electron chi connectivity index (χ0n) is 11.0. The smallest absolute Gasteiger partial charge is 0.263 e. The number of nitriles is 1. The maximum Gasteiger partial charge on any atom is 0.263 e. The highest BCUT2D eigenvalue weighted by Crippen LogP contribution is 2.29. The Kier molecular flexibility index (Phi) is 4.36. The van der Waals surface area contributed by atoms with Gasteiger partial charge in [0.2, 0.25) is 0 Å². The number of ether oxygens (including phenoxy) is 1. The first kappa shape index (κ1) is 15.2. The van der Waals surface area contributed by atoms with Crippen molar-refractivity contribution in [3.8, 4) is 11.8 Å². The number of methoxy groups -OCH3 is 1. The number of halogens is 1. The van der Waals surface area contributed by atoms with Crippen molar-refractivity contribution in [1.82, 2.24) is 0 Å². The molecule has 0 aromatic heterocycles. The summed E-state index contributed by atoms with van der Waals surface area (Å²) in [5.74, 6) is 0.514. The molecule has 0 aliphatic rings. The average molecular weight is 323 g/mol. The van der Waals surface area contributed by atoms with Crippen molar-refractivity contribution in [2.24, 2.45) is 0 Å². The summed E-state index contributed by atoms with van der Waals surface area (Å²) in [6.07, 6.45) is 0. The van der Waals surface area contributed by atoms with Gasteiger partial charge in [0.15, 0.2) is 0 Å². The first-order chi connectivity index (χ1) is 9.97. The molecule has 108 valence electrons. The van der Waals surface area contributed by atoms with Crippen LogP contribution in [-0.2, 0) is 10.0 Å². The van der Waals surface area contributed by atoms with E-state index in [1.165, 1.54) is 31.4 Å². The molecule has 21 heavy (non-hydrogen) atoms. The summed E-state index contributed by atoms with van der Waals surface area (Å²) in [6, 6.07) is 12.4. The quantitative estimate of drug-likeness (QED) is 0.938. The summed E-state index contributed by atoms with van der Waals surface area (Å²) in [7, 11) is -2.41. The molecule has 7 heteroatoms. The highest BCUT2D eigenvalue weighted by Gasteiger charge is 2.19. The fraction of sp³-hybridized carbons (Fsp3) is 0.0714. The van der Waals surface area contributed by atoms with E-state index in [4.69, 9.17) is 21.6 Å². The Balaban J connectivity index is 2.41. The maximum atomic E-state index is 12.3. The average Bonchev–Trinajstić information content (AvgIpc) is 2.49. The molecule has 0 saturated carbocycles. The Labute approximate surface area is 127 Å². The number of nitrogens with zero attached hydrogens (tertiary/aromatic N) is 1. The Hall–Kier alpha value is -2.23. The number of sulfonamides is 1. The molecule has 0 amide bonds. The minimum atomic E-state index is -3.90. The van der Waals surface area contributed by atoms with Gasteiger partial charge in [-0.05, 0) is 24.3 Å². The number of hydrogen-bond acceptors (Lipinski definition) is 4. The van der Waals surface area contributed by atoms with Gasteiger partial charge in [-0.15, -0.1) is 0 Å². The zero-order chi connectivity index (χ0) is 15.5. The van der Waals surface area contributed by atoms with Crippen LogP contribution in [0.3, 0.4) is 0 Å². The molecule has 5 nitrogen and oxygen atoms in total. The standard InChI is InChI=1S/C14H11ClN2O3S/c1-20-11-6-7-13(12(15)8-11)17-21(18,19)14-5-3-2-4-10(14)9-16/h2-8,17H,1H3. The maximum absolute atomic E-state index is 12.3. The molecule has 0 unspecified atom stereocenters. The second kappa shape index (κ2) is 6.04. The van der Waals surface area contributed by atoms with Crippen LogP contribution in [0.2, 0.25) is 5.02 Å². The molecule has 2 rings (SSSR count). The van der Waals surface area contributed by atoms with E-state index in [9.17, 15) is 8.42 Å². The van der Waals surface area contributed by atoms with Crippen molar-refractivity contribution >= 4 is 27.3 Å². The van der Waals surface area contributed by atoms with Gasteiger partial charge < -0.3 is 4.74 Å². The molecule has 0 bridgehead atoms. The van der Waals surface area contributed by atoms with Gasteiger partial charge in [0.25, 0.3) is 10.0 Å². The molecule has 1 N–H and O–H groups in total. The van der Waals surface area contributed by atoms with Crippen LogP contribution < -0.4 is 9.46 Å². The van der Waals surface area contributed by atoms with E-state index in [0.29, 0.717) is 5.75 Å². The van der Waals surface area contributed by atoms with Gasteiger partial charge >= 0.3 is 0 Å². The van der Waals surface area contributed by atoms with Crippen molar-refractivity contribution in [1.29, 1.82) is 5.26 Å². The summed E-state index contributed by atoms with van der Waals surface area (Å²) >= 11 is 6.00. The Bertz CT molecular complexity index is 813. The predicted molar refractivity (Wildman–Crippen MR) is 80.0 cm³/mol. The fourth-order valence-corrected chi connectivity index (χ4v) is 3.21. The first-order valence-corrected chi connectivity index (χ1v) is 7.69. The van der Waals surface area contributed by atoms with Gasteiger partial charge in [-0.2, -0.15) is 5.26 Å². The third-order valence-electron chi connectivity index (χ3n) is 2.72. The molecule has 0 saturated heterocycles. The first-order valence-electron chi connectivity index (χ1n) is 5.83. The molecule has 0 aliphatic heterocycles. The second-order valence-corrected chi connectivity index (χ2v) is 6.12. The van der Waals surface area contributed by atoms with Crippen LogP contribution in [0.5, 0.6) is 5.75 Å². The van der Waals surface area contributed by atoms with Crippen LogP contribution in [0.15, 0.2) is 47.4 Å². The molecule has 2 aromatic rings. The van der Waals surface area contributed by atoms with E-state index >= 15 is 0 Å². The van der Waals surface area contributed by atoms with E-state index in [0.717, 1.165) is 0 Å². The largest absolute Gasteiger partial charge is 0.497 e. The van der Waals surface area contributed by atoms with Crippen LogP contribution in [-0.4, -0.2) is 15.5 Å². The molecule has 0 radical (unpaired) electrons. The molecule has 0 heterocycles. The van der Waals surface area contributed by atoms with E-state index in [1.54, 1.807) is 18.2 Å². The van der Waals surface area contributed by atoms with Gasteiger partial charge in [-0.3, -0.25) is 4.72 Å². The molecule has 2 aromatic carbocycles. The third kappa shape index (κ3) is 3.27. The van der Waals surface area contributed by atoms with Gasteiger partial charge in [0.05, 0.1) is 23.4 Å². The lowest BCUT2D eigenvalue weighted by molar-refractivity contribution is 0.415. The van der Waals surface area contributed by atoms with Crippen molar-refractivity contribution in [3.63, 3.8) is 0 Å². The van der Waals surface area contributed by atoms with Crippen LogP contribution in [0, 0.1) is 11.3 Å². The van der Waals surface area contributed by atoms with Crippen LogP contribution in [0.1, 0.15) is 5.56 Å². The normalized spacial score (nSPS) is 10.7. The Morgan fingerprint density at radius 1 is 1.24 bits per heavy atom. The topological polar surface area (TPSA) is 79.2 Å². The van der Waals surface area contributed by atoms with Crippen molar-refractivity contribution in [2.75, 3.05) is 11.8 Å². The zero-order valence-corrected chi connectivity index (χ0v) is 12.6. The minimum absolute atomic E-state index is 0.0645. The van der Waals surface area contributed by atoms with E-state index in [1.807, 2.05) is 6.07 Å². The predicted octanol–water partition coefficient (Wildman–Crippen LogP) is 3.02. The monoisotopic (exact) mass is 322 g/mol. The summed E-state index contributed by atoms with van der Waals surface area (Å²) in [6.45, 7) is 0. The summed E-state index contributed by atoms with van der Waals surface area (Å²) in [5, 5.41) is 9.19. The van der Waals surface area contributed by atoms with E-state index in [-0.39, 0.29) is 21.2 Å². The highest BCUT2D eigenvalue weighted by atomic mass is 35.5. The van der Waals surface area contributed by atoms with Crippen LogP contribution in [0.25, 0.3) is 0 Å². The SMILES string of the molecule is COc1ccc(NS(=O)(=O)c2ccccc2C#N)c(Cl)c1. The van der Waals surface area contributed by atoms with Crippen molar-refractivity contribution < 1.29 is 13.2 Å². The number of benzene rings is 2. The number of anilines is 1. The lowest BCUT2D eigenvalue weighted by atomic mass is 10.2. The molecule has 0 atom stereocenters. The third-order valence-corrected chi connectivity index (χ3v) is 4.45. The van der Waals surface area contributed by atoms with Gasteiger partial charge in [0, 0.05) is 6.07 Å². The number of nitrogens with one attached hydrogen (secondary N) is 1. The molecular weight excluding hydrogens is 312 g/mol. The second-order valence-electron chi connectivity index (χ2n) is 4.06. The molecule has 0 fully saturated rings. The lowest BCUT2D eigenvalue weighted by Crippen LogP contribution is -2.14. The Morgan fingerprint density at radius 2 is 1.95 bits per heavy atom. The summed E-state index contributed by atoms with van der Waals surface area (Å²) in [5.41, 5.74) is 0.278. The Morgan fingerprint density at radius 3 is 2.57 bits per heavy atom. The summed E-state index contributed by atoms with van der Waals surface area (Å²) in [4.78, 5) is -0.0978. The van der Waals surface area contributed by atoms with E-state index < -0.39 is 10.0 Å². The number of rotatable bonds is 4. The number of hydrogen-bond donors (Lipinski definition) is 1. The van der Waals surface area contributed by atoms with Crippen LogP contribution >= 0.6 is 11.6 Å².